The first kappa shape index (κ1) is 14.2. The average molecular weight is 281 g/mol. The van der Waals surface area contributed by atoms with Gasteiger partial charge in [-0.25, -0.2) is 9.37 Å². The van der Waals surface area contributed by atoms with E-state index in [9.17, 15) is 4.39 Å². The second kappa shape index (κ2) is 6.80. The van der Waals surface area contributed by atoms with Gasteiger partial charge in [0.15, 0.2) is 0 Å². The topological polar surface area (TPSA) is 43.8 Å². The molecule has 0 amide bonds. The van der Waals surface area contributed by atoms with E-state index in [1.807, 2.05) is 16.3 Å². The molecule has 19 heavy (non-hydrogen) atoms. The maximum atomic E-state index is 13.1. The van der Waals surface area contributed by atoms with Gasteiger partial charge in [-0.05, 0) is 37.0 Å². The summed E-state index contributed by atoms with van der Waals surface area (Å²) in [6.45, 7) is 0.854. The number of halogens is 1. The van der Waals surface area contributed by atoms with Crippen molar-refractivity contribution in [3.05, 3.63) is 24.0 Å². The third kappa shape index (κ3) is 3.62. The first-order valence-electron chi connectivity index (χ1n) is 6.62. The van der Waals surface area contributed by atoms with Crippen LogP contribution in [0.15, 0.2) is 18.2 Å². The average Bonchev–Trinajstić information content (AvgIpc) is 2.69. The fourth-order valence-corrected chi connectivity index (χ4v) is 2.72. The summed E-state index contributed by atoms with van der Waals surface area (Å²) in [7, 11) is 0. The lowest BCUT2D eigenvalue weighted by atomic mass is 10.2. The Morgan fingerprint density at radius 2 is 2.05 bits per heavy atom. The molecular formula is C14H20FN3S. The molecule has 0 unspecified atom stereocenters. The Morgan fingerprint density at radius 1 is 1.26 bits per heavy atom. The first-order valence-corrected chi connectivity index (χ1v) is 8.02. The molecule has 0 aliphatic rings. The number of fused-ring (bicyclic) bond motifs is 1. The summed E-state index contributed by atoms with van der Waals surface area (Å²) in [4.78, 5) is 4.20. The molecule has 0 aliphatic carbocycles. The number of hydrogen-bond donors (Lipinski definition) is 1. The molecule has 2 rings (SSSR count). The summed E-state index contributed by atoms with van der Waals surface area (Å²) in [5.41, 5.74) is 7.45. The minimum Gasteiger partial charge on any atom is -0.369 e. The van der Waals surface area contributed by atoms with Crippen molar-refractivity contribution in [3.8, 4) is 0 Å². The Labute approximate surface area is 117 Å². The van der Waals surface area contributed by atoms with E-state index < -0.39 is 0 Å². The fraction of sp³-hybridized carbons (Fsp3) is 0.500. The molecule has 0 atom stereocenters. The monoisotopic (exact) mass is 281 g/mol. The van der Waals surface area contributed by atoms with E-state index in [2.05, 4.69) is 11.2 Å². The molecule has 104 valence electrons. The van der Waals surface area contributed by atoms with Gasteiger partial charge in [0, 0.05) is 12.6 Å². The SMILES string of the molecule is CSCCCCCCn1c(N)nc2cc(F)ccc21. The molecule has 1 aromatic carbocycles. The molecule has 0 saturated heterocycles. The summed E-state index contributed by atoms with van der Waals surface area (Å²) in [6.07, 6.45) is 6.94. The van der Waals surface area contributed by atoms with Crippen LogP contribution >= 0.6 is 11.8 Å². The first-order chi connectivity index (χ1) is 9.22. The Hall–Kier alpha value is -1.23. The van der Waals surface area contributed by atoms with Crippen LogP contribution in [-0.2, 0) is 6.54 Å². The number of anilines is 1. The van der Waals surface area contributed by atoms with Gasteiger partial charge in [-0.2, -0.15) is 11.8 Å². The lowest BCUT2D eigenvalue weighted by molar-refractivity contribution is 0.597. The van der Waals surface area contributed by atoms with Crippen LogP contribution in [0.25, 0.3) is 11.0 Å². The highest BCUT2D eigenvalue weighted by Gasteiger charge is 2.08. The maximum absolute atomic E-state index is 13.1. The van der Waals surface area contributed by atoms with E-state index in [4.69, 9.17) is 5.73 Å². The molecule has 0 bridgehead atoms. The van der Waals surface area contributed by atoms with E-state index in [0.717, 1.165) is 18.5 Å². The quantitative estimate of drug-likeness (QED) is 0.787. The van der Waals surface area contributed by atoms with Crippen LogP contribution in [0.1, 0.15) is 25.7 Å². The van der Waals surface area contributed by atoms with Crippen LogP contribution in [-0.4, -0.2) is 21.6 Å². The molecule has 5 heteroatoms. The molecule has 2 N–H and O–H groups in total. The van der Waals surface area contributed by atoms with Crippen molar-refractivity contribution in [2.24, 2.45) is 0 Å². The number of hydrogen-bond acceptors (Lipinski definition) is 3. The van der Waals surface area contributed by atoms with E-state index in [1.165, 1.54) is 37.1 Å². The number of nitrogen functional groups attached to an aromatic ring is 1. The zero-order valence-corrected chi connectivity index (χ0v) is 12.0. The van der Waals surface area contributed by atoms with Crippen molar-refractivity contribution < 1.29 is 4.39 Å². The maximum Gasteiger partial charge on any atom is 0.201 e. The predicted molar refractivity (Wildman–Crippen MR) is 81.0 cm³/mol. The summed E-state index contributed by atoms with van der Waals surface area (Å²) >= 11 is 1.89. The van der Waals surface area contributed by atoms with Gasteiger partial charge in [0.25, 0.3) is 0 Å². The molecule has 1 aromatic heterocycles. The van der Waals surface area contributed by atoms with Crippen LogP contribution in [0.4, 0.5) is 10.3 Å². The van der Waals surface area contributed by atoms with Gasteiger partial charge in [-0.15, -0.1) is 0 Å². The van der Waals surface area contributed by atoms with Crippen molar-refractivity contribution in [2.45, 2.75) is 32.2 Å². The number of thioether (sulfide) groups is 1. The van der Waals surface area contributed by atoms with Crippen LogP contribution in [0.2, 0.25) is 0 Å². The third-order valence-corrected chi connectivity index (χ3v) is 3.92. The third-order valence-electron chi connectivity index (χ3n) is 3.22. The largest absolute Gasteiger partial charge is 0.369 e. The van der Waals surface area contributed by atoms with Gasteiger partial charge in [-0.3, -0.25) is 0 Å². The van der Waals surface area contributed by atoms with E-state index in [1.54, 1.807) is 6.07 Å². The van der Waals surface area contributed by atoms with E-state index in [-0.39, 0.29) is 5.82 Å². The molecule has 0 aliphatic heterocycles. The number of rotatable bonds is 7. The standard InChI is InChI=1S/C14H20FN3S/c1-19-9-5-3-2-4-8-18-13-7-6-11(15)10-12(13)17-14(18)16/h6-7,10H,2-5,8-9H2,1H3,(H2,16,17). The van der Waals surface area contributed by atoms with Crippen molar-refractivity contribution >= 4 is 28.7 Å². The van der Waals surface area contributed by atoms with Gasteiger partial charge >= 0.3 is 0 Å². The zero-order chi connectivity index (χ0) is 13.7. The van der Waals surface area contributed by atoms with Crippen LogP contribution in [0.5, 0.6) is 0 Å². The Balaban J connectivity index is 1.95. The van der Waals surface area contributed by atoms with Crippen molar-refractivity contribution in [3.63, 3.8) is 0 Å². The minimum atomic E-state index is -0.269. The van der Waals surface area contributed by atoms with Crippen LogP contribution < -0.4 is 5.73 Å². The number of aryl methyl sites for hydroxylation is 1. The second-order valence-electron chi connectivity index (χ2n) is 4.66. The molecule has 1 heterocycles. The Kier molecular flexibility index (Phi) is 5.07. The molecule has 2 aromatic rings. The number of imidazole rings is 1. The van der Waals surface area contributed by atoms with Crippen molar-refractivity contribution in [1.29, 1.82) is 0 Å². The number of aromatic nitrogens is 2. The van der Waals surface area contributed by atoms with Gasteiger partial charge in [0.05, 0.1) is 11.0 Å². The van der Waals surface area contributed by atoms with Gasteiger partial charge in [0.2, 0.25) is 5.95 Å². The number of nitrogens with two attached hydrogens (primary N) is 1. The smallest absolute Gasteiger partial charge is 0.201 e. The molecule has 0 saturated carbocycles. The summed E-state index contributed by atoms with van der Waals surface area (Å²) in [5, 5.41) is 0. The van der Waals surface area contributed by atoms with Gasteiger partial charge in [0.1, 0.15) is 5.82 Å². The minimum absolute atomic E-state index is 0.269. The molecule has 0 radical (unpaired) electrons. The molecule has 3 nitrogen and oxygen atoms in total. The van der Waals surface area contributed by atoms with Crippen LogP contribution in [0.3, 0.4) is 0 Å². The zero-order valence-electron chi connectivity index (χ0n) is 11.2. The predicted octanol–water partition coefficient (Wildman–Crippen LogP) is 3.68. The highest BCUT2D eigenvalue weighted by atomic mass is 32.2. The number of nitrogens with zero attached hydrogens (tertiary/aromatic N) is 2. The summed E-state index contributed by atoms with van der Waals surface area (Å²) in [5.74, 6) is 1.44. The Bertz CT molecular complexity index is 539. The molecule has 0 spiro atoms. The van der Waals surface area contributed by atoms with E-state index in [0.29, 0.717) is 11.5 Å². The van der Waals surface area contributed by atoms with Crippen LogP contribution in [0, 0.1) is 5.82 Å². The lowest BCUT2D eigenvalue weighted by Gasteiger charge is -2.06. The number of unbranched alkanes of at least 4 members (excludes halogenated alkanes) is 3. The summed E-state index contributed by atoms with van der Waals surface area (Å²) in [6, 6.07) is 4.64. The Morgan fingerprint density at radius 3 is 2.84 bits per heavy atom. The second-order valence-corrected chi connectivity index (χ2v) is 5.65. The van der Waals surface area contributed by atoms with Gasteiger partial charge in [-0.1, -0.05) is 12.8 Å². The molecular weight excluding hydrogens is 261 g/mol. The highest BCUT2D eigenvalue weighted by Crippen LogP contribution is 2.19. The lowest BCUT2D eigenvalue weighted by Crippen LogP contribution is -2.03. The summed E-state index contributed by atoms with van der Waals surface area (Å²) < 4.78 is 15.1. The van der Waals surface area contributed by atoms with E-state index >= 15 is 0 Å². The normalized spacial score (nSPS) is 11.3. The van der Waals surface area contributed by atoms with Crippen molar-refractivity contribution in [1.82, 2.24) is 9.55 Å². The number of benzene rings is 1. The molecule has 0 fully saturated rings. The van der Waals surface area contributed by atoms with Gasteiger partial charge < -0.3 is 10.3 Å². The highest BCUT2D eigenvalue weighted by molar-refractivity contribution is 7.98. The fourth-order valence-electron chi connectivity index (χ4n) is 2.23. The van der Waals surface area contributed by atoms with Crippen molar-refractivity contribution in [2.75, 3.05) is 17.7 Å².